The van der Waals surface area contributed by atoms with Crippen LogP contribution in [0.2, 0.25) is 0 Å². The Morgan fingerprint density at radius 1 is 1.55 bits per heavy atom. The minimum atomic E-state index is -0.142. The van der Waals surface area contributed by atoms with E-state index >= 15 is 0 Å². The molecule has 3 nitrogen and oxygen atoms in total. The Hall–Kier alpha value is -0.570. The molecular formula is C8H16O3. The van der Waals surface area contributed by atoms with Gasteiger partial charge in [0.2, 0.25) is 0 Å². The molecule has 11 heavy (non-hydrogen) atoms. The van der Waals surface area contributed by atoms with E-state index in [4.69, 9.17) is 9.47 Å². The van der Waals surface area contributed by atoms with Gasteiger partial charge in [-0.3, -0.25) is 4.79 Å². The Balaban J connectivity index is 3.30. The largest absolute Gasteiger partial charge is 0.466 e. The third-order valence-corrected chi connectivity index (χ3v) is 1.46. The van der Waals surface area contributed by atoms with Crippen molar-refractivity contribution in [3.8, 4) is 0 Å². The van der Waals surface area contributed by atoms with E-state index in [1.165, 1.54) is 0 Å². The first-order valence-electron chi connectivity index (χ1n) is 3.89. The van der Waals surface area contributed by atoms with Crippen LogP contribution >= 0.6 is 0 Å². The van der Waals surface area contributed by atoms with Gasteiger partial charge in [-0.15, -0.1) is 0 Å². The Morgan fingerprint density at radius 3 is 2.64 bits per heavy atom. The zero-order valence-electron chi connectivity index (χ0n) is 7.42. The van der Waals surface area contributed by atoms with Crippen LogP contribution < -0.4 is 0 Å². The highest BCUT2D eigenvalue weighted by molar-refractivity contribution is 5.69. The summed E-state index contributed by atoms with van der Waals surface area (Å²) in [6, 6.07) is 0. The summed E-state index contributed by atoms with van der Waals surface area (Å²) in [5.74, 6) is -0.142. The quantitative estimate of drug-likeness (QED) is 0.570. The van der Waals surface area contributed by atoms with Gasteiger partial charge in [-0.05, 0) is 20.3 Å². The molecule has 0 amide bonds. The summed E-state index contributed by atoms with van der Waals surface area (Å²) in [4.78, 5) is 10.8. The monoisotopic (exact) mass is 160 g/mol. The van der Waals surface area contributed by atoms with Crippen LogP contribution in [0.1, 0.15) is 26.7 Å². The molecule has 0 aliphatic heterocycles. The lowest BCUT2D eigenvalue weighted by atomic mass is 10.2. The molecule has 0 aromatic rings. The van der Waals surface area contributed by atoms with Crippen molar-refractivity contribution in [2.24, 2.45) is 0 Å². The fourth-order valence-corrected chi connectivity index (χ4v) is 0.672. The van der Waals surface area contributed by atoms with Crippen molar-refractivity contribution in [1.29, 1.82) is 0 Å². The van der Waals surface area contributed by atoms with Crippen molar-refractivity contribution in [2.45, 2.75) is 32.8 Å². The third kappa shape index (κ3) is 5.85. The molecule has 0 saturated carbocycles. The molecule has 0 N–H and O–H groups in total. The van der Waals surface area contributed by atoms with Crippen LogP contribution in [0.5, 0.6) is 0 Å². The molecule has 0 aliphatic rings. The van der Waals surface area contributed by atoms with E-state index in [0.29, 0.717) is 13.0 Å². The lowest BCUT2D eigenvalue weighted by Gasteiger charge is -2.07. The molecule has 0 aliphatic carbocycles. The van der Waals surface area contributed by atoms with Crippen LogP contribution in [-0.4, -0.2) is 25.8 Å². The maximum Gasteiger partial charge on any atom is 0.305 e. The van der Waals surface area contributed by atoms with Crippen molar-refractivity contribution < 1.29 is 14.3 Å². The maximum absolute atomic E-state index is 10.8. The Kier molecular flexibility index (Phi) is 5.84. The lowest BCUT2D eigenvalue weighted by Crippen LogP contribution is -2.10. The predicted octanol–water partition coefficient (Wildman–Crippen LogP) is 1.36. The molecule has 0 saturated heterocycles. The molecule has 0 fully saturated rings. The molecule has 0 aromatic carbocycles. The van der Waals surface area contributed by atoms with E-state index in [2.05, 4.69) is 0 Å². The zero-order valence-corrected chi connectivity index (χ0v) is 7.42. The Labute approximate surface area is 67.7 Å². The first-order valence-corrected chi connectivity index (χ1v) is 3.89. The van der Waals surface area contributed by atoms with Gasteiger partial charge in [-0.2, -0.15) is 0 Å². The molecule has 1 atom stereocenters. The van der Waals surface area contributed by atoms with E-state index in [-0.39, 0.29) is 12.1 Å². The minimum absolute atomic E-state index is 0.138. The van der Waals surface area contributed by atoms with Gasteiger partial charge in [0.1, 0.15) is 0 Å². The fraction of sp³-hybridized carbons (Fsp3) is 0.875. The summed E-state index contributed by atoms with van der Waals surface area (Å²) in [5.41, 5.74) is 0. The summed E-state index contributed by atoms with van der Waals surface area (Å²) in [6.07, 6.45) is 1.32. The summed E-state index contributed by atoms with van der Waals surface area (Å²) in [7, 11) is 1.63. The van der Waals surface area contributed by atoms with E-state index in [1.54, 1.807) is 14.0 Å². The van der Waals surface area contributed by atoms with Gasteiger partial charge >= 0.3 is 5.97 Å². The first kappa shape index (κ1) is 10.4. The normalized spacial score (nSPS) is 12.6. The highest BCUT2D eigenvalue weighted by atomic mass is 16.5. The van der Waals surface area contributed by atoms with Gasteiger partial charge in [-0.25, -0.2) is 0 Å². The molecule has 3 heteroatoms. The molecule has 0 aromatic heterocycles. The van der Waals surface area contributed by atoms with E-state index < -0.39 is 0 Å². The van der Waals surface area contributed by atoms with Gasteiger partial charge in [-0.1, -0.05) is 0 Å². The van der Waals surface area contributed by atoms with Gasteiger partial charge in [0.25, 0.3) is 0 Å². The number of methoxy groups -OCH3 is 1. The predicted molar refractivity (Wildman–Crippen MR) is 42.3 cm³/mol. The highest BCUT2D eigenvalue weighted by Crippen LogP contribution is 2.00. The zero-order chi connectivity index (χ0) is 8.69. The first-order chi connectivity index (χ1) is 5.20. The van der Waals surface area contributed by atoms with Crippen molar-refractivity contribution in [1.82, 2.24) is 0 Å². The second-order valence-corrected chi connectivity index (χ2v) is 2.39. The van der Waals surface area contributed by atoms with Gasteiger partial charge in [0.05, 0.1) is 12.7 Å². The second-order valence-electron chi connectivity index (χ2n) is 2.39. The summed E-state index contributed by atoms with van der Waals surface area (Å²) in [5, 5.41) is 0. The van der Waals surface area contributed by atoms with Crippen LogP contribution in [0.25, 0.3) is 0 Å². The van der Waals surface area contributed by atoms with E-state index in [0.717, 1.165) is 6.42 Å². The smallest absolute Gasteiger partial charge is 0.305 e. The van der Waals surface area contributed by atoms with Gasteiger partial charge < -0.3 is 9.47 Å². The Bertz CT molecular complexity index is 112. The molecule has 0 radical (unpaired) electrons. The summed E-state index contributed by atoms with van der Waals surface area (Å²) >= 11 is 0. The fourth-order valence-electron chi connectivity index (χ4n) is 0.672. The SMILES string of the molecule is CCOC(=O)CCC(C)OC. The molecule has 0 heterocycles. The van der Waals surface area contributed by atoms with E-state index in [1.807, 2.05) is 6.92 Å². The van der Waals surface area contributed by atoms with Gasteiger partial charge in [0, 0.05) is 13.5 Å². The molecule has 0 bridgehead atoms. The molecule has 0 rings (SSSR count). The number of ether oxygens (including phenoxy) is 2. The van der Waals surface area contributed by atoms with Gasteiger partial charge in [0.15, 0.2) is 0 Å². The van der Waals surface area contributed by atoms with Crippen LogP contribution in [0.4, 0.5) is 0 Å². The van der Waals surface area contributed by atoms with Crippen molar-refractivity contribution in [3.05, 3.63) is 0 Å². The molecule has 66 valence electrons. The highest BCUT2D eigenvalue weighted by Gasteiger charge is 2.05. The number of rotatable bonds is 5. The minimum Gasteiger partial charge on any atom is -0.466 e. The number of hydrogen-bond acceptors (Lipinski definition) is 3. The average Bonchev–Trinajstić information content (AvgIpc) is 2.01. The van der Waals surface area contributed by atoms with E-state index in [9.17, 15) is 4.79 Å². The average molecular weight is 160 g/mol. The van der Waals surface area contributed by atoms with Crippen LogP contribution in [0.15, 0.2) is 0 Å². The van der Waals surface area contributed by atoms with Crippen molar-refractivity contribution in [2.75, 3.05) is 13.7 Å². The lowest BCUT2D eigenvalue weighted by molar-refractivity contribution is -0.143. The van der Waals surface area contributed by atoms with Crippen LogP contribution in [0, 0.1) is 0 Å². The third-order valence-electron chi connectivity index (χ3n) is 1.46. The number of carbonyl (C=O) groups excluding carboxylic acids is 1. The standard InChI is InChI=1S/C8H16O3/c1-4-11-8(9)6-5-7(2)10-3/h7H,4-6H2,1-3H3. The molecular weight excluding hydrogens is 144 g/mol. The maximum atomic E-state index is 10.8. The van der Waals surface area contributed by atoms with Crippen LogP contribution in [-0.2, 0) is 14.3 Å². The van der Waals surface area contributed by atoms with Crippen molar-refractivity contribution in [3.63, 3.8) is 0 Å². The number of carbonyl (C=O) groups is 1. The van der Waals surface area contributed by atoms with Crippen LogP contribution in [0.3, 0.4) is 0 Å². The topological polar surface area (TPSA) is 35.5 Å². The summed E-state index contributed by atoms with van der Waals surface area (Å²) in [6.45, 7) is 4.19. The van der Waals surface area contributed by atoms with Crippen molar-refractivity contribution >= 4 is 5.97 Å². The molecule has 0 spiro atoms. The summed E-state index contributed by atoms with van der Waals surface area (Å²) < 4.78 is 9.71. The number of hydrogen-bond donors (Lipinski definition) is 0. The second kappa shape index (κ2) is 6.16. The Morgan fingerprint density at radius 2 is 2.18 bits per heavy atom. The molecule has 1 unspecified atom stereocenters. The number of esters is 1.